The SMILES string of the molecule is CC(c1nc(Cc2ccc(Cl)cc2)no1)N(C)CCC(=O)O. The summed E-state index contributed by atoms with van der Waals surface area (Å²) in [6.45, 7) is 2.33. The highest BCUT2D eigenvalue weighted by Gasteiger charge is 2.19. The van der Waals surface area contributed by atoms with Crippen LogP contribution in [0.3, 0.4) is 0 Å². The highest BCUT2D eigenvalue weighted by Crippen LogP contribution is 2.18. The van der Waals surface area contributed by atoms with Gasteiger partial charge in [-0.3, -0.25) is 9.69 Å². The second kappa shape index (κ2) is 7.38. The van der Waals surface area contributed by atoms with E-state index in [1.54, 1.807) is 0 Å². The first kappa shape index (κ1) is 16.5. The van der Waals surface area contributed by atoms with Crippen molar-refractivity contribution in [2.75, 3.05) is 13.6 Å². The van der Waals surface area contributed by atoms with Gasteiger partial charge in [-0.15, -0.1) is 0 Å². The fraction of sp³-hybridized carbons (Fsp3) is 0.400. The van der Waals surface area contributed by atoms with Crippen molar-refractivity contribution in [3.63, 3.8) is 0 Å². The van der Waals surface area contributed by atoms with E-state index in [0.717, 1.165) is 5.56 Å². The molecular formula is C15H18ClN3O3. The molecule has 22 heavy (non-hydrogen) atoms. The van der Waals surface area contributed by atoms with Crippen LogP contribution in [0.2, 0.25) is 5.02 Å². The Bertz CT molecular complexity index is 627. The van der Waals surface area contributed by atoms with Gasteiger partial charge in [0, 0.05) is 18.0 Å². The average molecular weight is 324 g/mol. The monoisotopic (exact) mass is 323 g/mol. The molecule has 1 heterocycles. The lowest BCUT2D eigenvalue weighted by molar-refractivity contribution is -0.137. The first-order chi connectivity index (χ1) is 10.5. The third-order valence-electron chi connectivity index (χ3n) is 3.46. The van der Waals surface area contributed by atoms with Gasteiger partial charge in [-0.1, -0.05) is 28.9 Å². The molecule has 1 atom stereocenters. The van der Waals surface area contributed by atoms with Gasteiger partial charge >= 0.3 is 5.97 Å². The zero-order valence-electron chi connectivity index (χ0n) is 12.5. The van der Waals surface area contributed by atoms with E-state index >= 15 is 0 Å². The van der Waals surface area contributed by atoms with Crippen LogP contribution < -0.4 is 0 Å². The number of carbonyl (C=O) groups is 1. The van der Waals surface area contributed by atoms with Gasteiger partial charge in [0.15, 0.2) is 5.82 Å². The number of carboxylic acid groups (broad SMARTS) is 1. The number of aliphatic carboxylic acids is 1. The molecule has 0 aliphatic rings. The van der Waals surface area contributed by atoms with Crippen LogP contribution in [-0.4, -0.2) is 39.7 Å². The van der Waals surface area contributed by atoms with E-state index in [-0.39, 0.29) is 12.5 Å². The van der Waals surface area contributed by atoms with Crippen LogP contribution in [0.4, 0.5) is 0 Å². The van der Waals surface area contributed by atoms with E-state index in [4.69, 9.17) is 21.2 Å². The Balaban J connectivity index is 1.98. The molecular weight excluding hydrogens is 306 g/mol. The number of hydrogen-bond donors (Lipinski definition) is 1. The zero-order valence-corrected chi connectivity index (χ0v) is 13.2. The molecule has 0 fully saturated rings. The van der Waals surface area contributed by atoms with Crippen LogP contribution in [0.1, 0.15) is 36.7 Å². The molecule has 0 spiro atoms. The molecule has 7 heteroatoms. The van der Waals surface area contributed by atoms with Crippen molar-refractivity contribution < 1.29 is 14.4 Å². The Morgan fingerprint density at radius 2 is 2.09 bits per heavy atom. The Kier molecular flexibility index (Phi) is 5.51. The van der Waals surface area contributed by atoms with Gasteiger partial charge in [-0.25, -0.2) is 0 Å². The fourth-order valence-electron chi connectivity index (χ4n) is 1.95. The van der Waals surface area contributed by atoms with Gasteiger partial charge < -0.3 is 9.63 Å². The molecule has 1 aromatic heterocycles. The molecule has 1 N–H and O–H groups in total. The van der Waals surface area contributed by atoms with Gasteiger partial charge in [-0.05, 0) is 31.7 Å². The highest BCUT2D eigenvalue weighted by atomic mass is 35.5. The first-order valence-corrected chi connectivity index (χ1v) is 7.32. The standard InChI is InChI=1S/C15H18ClN3O3/c1-10(19(2)8-7-14(20)21)15-17-13(18-22-15)9-11-3-5-12(16)6-4-11/h3-6,10H,7-9H2,1-2H3,(H,20,21). The van der Waals surface area contributed by atoms with Gasteiger partial charge in [0.1, 0.15) is 0 Å². The smallest absolute Gasteiger partial charge is 0.304 e. The first-order valence-electron chi connectivity index (χ1n) is 6.94. The molecule has 2 rings (SSSR count). The van der Waals surface area contributed by atoms with Gasteiger partial charge in [0.25, 0.3) is 0 Å². The maximum absolute atomic E-state index is 10.6. The maximum atomic E-state index is 10.6. The maximum Gasteiger partial charge on any atom is 0.304 e. The van der Waals surface area contributed by atoms with Crippen LogP contribution in [0.15, 0.2) is 28.8 Å². The van der Waals surface area contributed by atoms with Crippen molar-refractivity contribution in [2.45, 2.75) is 25.8 Å². The molecule has 118 valence electrons. The number of hydrogen-bond acceptors (Lipinski definition) is 5. The summed E-state index contributed by atoms with van der Waals surface area (Å²) in [6, 6.07) is 7.34. The number of benzene rings is 1. The summed E-state index contributed by atoms with van der Waals surface area (Å²) in [5, 5.41) is 13.4. The minimum Gasteiger partial charge on any atom is -0.481 e. The summed E-state index contributed by atoms with van der Waals surface area (Å²) in [5.74, 6) is 0.251. The second-order valence-electron chi connectivity index (χ2n) is 5.15. The summed E-state index contributed by atoms with van der Waals surface area (Å²) in [6.07, 6.45) is 0.638. The van der Waals surface area contributed by atoms with Gasteiger partial charge in [0.2, 0.25) is 5.89 Å². The van der Waals surface area contributed by atoms with Crippen LogP contribution in [0.5, 0.6) is 0 Å². The topological polar surface area (TPSA) is 79.5 Å². The lowest BCUT2D eigenvalue weighted by atomic mass is 10.1. The van der Waals surface area contributed by atoms with E-state index in [1.165, 1.54) is 0 Å². The lowest BCUT2D eigenvalue weighted by Crippen LogP contribution is -2.25. The third kappa shape index (κ3) is 4.54. The molecule has 0 saturated heterocycles. The molecule has 1 aromatic carbocycles. The molecule has 2 aromatic rings. The molecule has 0 aliphatic heterocycles. The van der Waals surface area contributed by atoms with Crippen LogP contribution >= 0.6 is 11.6 Å². The van der Waals surface area contributed by atoms with E-state index in [0.29, 0.717) is 29.7 Å². The zero-order chi connectivity index (χ0) is 16.1. The largest absolute Gasteiger partial charge is 0.481 e. The molecule has 6 nitrogen and oxygen atoms in total. The average Bonchev–Trinajstić information content (AvgIpc) is 2.94. The van der Waals surface area contributed by atoms with Crippen molar-refractivity contribution >= 4 is 17.6 Å². The molecule has 0 bridgehead atoms. The van der Waals surface area contributed by atoms with Gasteiger partial charge in [-0.2, -0.15) is 4.98 Å². The van der Waals surface area contributed by atoms with Crippen molar-refractivity contribution in [3.8, 4) is 0 Å². The summed E-state index contributed by atoms with van der Waals surface area (Å²) >= 11 is 5.85. The third-order valence-corrected chi connectivity index (χ3v) is 3.71. The summed E-state index contributed by atoms with van der Waals surface area (Å²) in [4.78, 5) is 16.9. The predicted octanol–water partition coefficient (Wildman–Crippen LogP) is 2.78. The molecule has 1 unspecified atom stereocenters. The van der Waals surface area contributed by atoms with E-state index in [2.05, 4.69) is 10.1 Å². The van der Waals surface area contributed by atoms with Crippen molar-refractivity contribution in [1.82, 2.24) is 15.0 Å². The van der Waals surface area contributed by atoms with Crippen LogP contribution in [-0.2, 0) is 11.2 Å². The van der Waals surface area contributed by atoms with Crippen LogP contribution in [0.25, 0.3) is 0 Å². The van der Waals surface area contributed by atoms with Crippen molar-refractivity contribution in [1.29, 1.82) is 0 Å². The minimum atomic E-state index is -0.826. The minimum absolute atomic E-state index is 0.0760. The fourth-order valence-corrected chi connectivity index (χ4v) is 2.07. The quantitative estimate of drug-likeness (QED) is 0.844. The van der Waals surface area contributed by atoms with E-state index in [9.17, 15) is 4.79 Å². The number of aromatic nitrogens is 2. The number of carboxylic acids is 1. The molecule has 0 saturated carbocycles. The van der Waals surface area contributed by atoms with Crippen molar-refractivity contribution in [3.05, 3.63) is 46.6 Å². The Hall–Kier alpha value is -1.92. The normalized spacial score (nSPS) is 12.5. The summed E-state index contributed by atoms with van der Waals surface area (Å²) in [7, 11) is 1.83. The summed E-state index contributed by atoms with van der Waals surface area (Å²) in [5.41, 5.74) is 1.05. The predicted molar refractivity (Wildman–Crippen MR) is 81.9 cm³/mol. The molecule has 0 amide bonds. The lowest BCUT2D eigenvalue weighted by Gasteiger charge is -2.20. The van der Waals surface area contributed by atoms with Crippen molar-refractivity contribution in [2.24, 2.45) is 0 Å². The van der Waals surface area contributed by atoms with Gasteiger partial charge in [0.05, 0.1) is 12.5 Å². The summed E-state index contributed by atoms with van der Waals surface area (Å²) < 4.78 is 5.27. The Morgan fingerprint density at radius 3 is 2.73 bits per heavy atom. The van der Waals surface area contributed by atoms with E-state index < -0.39 is 5.97 Å². The molecule has 0 radical (unpaired) electrons. The van der Waals surface area contributed by atoms with E-state index in [1.807, 2.05) is 43.1 Å². The number of rotatable bonds is 7. The number of nitrogens with zero attached hydrogens (tertiary/aromatic N) is 3. The highest BCUT2D eigenvalue weighted by molar-refractivity contribution is 6.30. The second-order valence-corrected chi connectivity index (χ2v) is 5.59. The molecule has 0 aliphatic carbocycles. The number of halogens is 1. The van der Waals surface area contributed by atoms with Crippen LogP contribution in [0, 0.1) is 0 Å². The Morgan fingerprint density at radius 1 is 1.41 bits per heavy atom. The Labute approximate surface area is 133 Å².